The van der Waals surface area contributed by atoms with Gasteiger partial charge in [-0.3, -0.25) is 4.68 Å². The van der Waals surface area contributed by atoms with E-state index in [1.807, 2.05) is 18.7 Å². The molecule has 0 unspecified atom stereocenters. The van der Waals surface area contributed by atoms with Crippen molar-refractivity contribution in [2.24, 2.45) is 7.05 Å². The predicted molar refractivity (Wildman–Crippen MR) is 78.9 cm³/mol. The lowest BCUT2D eigenvalue weighted by Crippen LogP contribution is -2.02. The number of hydrogen-bond donors (Lipinski definition) is 1. The molecule has 18 heavy (non-hydrogen) atoms. The summed E-state index contributed by atoms with van der Waals surface area (Å²) in [6, 6.07) is 6.43. The minimum atomic E-state index is 0.812. The highest BCUT2D eigenvalue weighted by molar-refractivity contribution is 9.10. The minimum absolute atomic E-state index is 0.812. The van der Waals surface area contributed by atoms with E-state index < -0.39 is 0 Å². The van der Waals surface area contributed by atoms with Crippen molar-refractivity contribution in [2.75, 3.05) is 5.32 Å². The molecular formula is C14H18BrN3. The molecule has 0 spiro atoms. The molecule has 3 nitrogen and oxygen atoms in total. The molecule has 0 saturated heterocycles. The van der Waals surface area contributed by atoms with E-state index in [0.717, 1.165) is 22.4 Å². The molecule has 1 aromatic carbocycles. The van der Waals surface area contributed by atoms with Crippen molar-refractivity contribution in [1.29, 1.82) is 0 Å². The molecule has 1 N–H and O–H groups in total. The van der Waals surface area contributed by atoms with Gasteiger partial charge in [-0.05, 0) is 38.0 Å². The number of nitrogens with one attached hydrogen (secondary N) is 1. The number of benzene rings is 1. The predicted octanol–water partition coefficient (Wildman–Crippen LogP) is 3.72. The van der Waals surface area contributed by atoms with Crippen LogP contribution in [0.25, 0.3) is 0 Å². The first kappa shape index (κ1) is 13.1. The van der Waals surface area contributed by atoms with Crippen LogP contribution in [0.4, 0.5) is 5.69 Å². The van der Waals surface area contributed by atoms with Crippen molar-refractivity contribution < 1.29 is 0 Å². The van der Waals surface area contributed by atoms with E-state index in [-0.39, 0.29) is 0 Å². The molecule has 2 rings (SSSR count). The second-order valence-corrected chi connectivity index (χ2v) is 5.46. The fourth-order valence-corrected chi connectivity index (χ4v) is 2.39. The van der Waals surface area contributed by atoms with Crippen LogP contribution in [0, 0.1) is 20.8 Å². The molecule has 0 amide bonds. The number of hydrogen-bond acceptors (Lipinski definition) is 2. The lowest BCUT2D eigenvalue weighted by atomic mass is 10.1. The summed E-state index contributed by atoms with van der Waals surface area (Å²) in [5.74, 6) is 0. The van der Waals surface area contributed by atoms with Gasteiger partial charge in [0.15, 0.2) is 0 Å². The highest BCUT2D eigenvalue weighted by Crippen LogP contribution is 2.21. The Morgan fingerprint density at radius 2 is 2.00 bits per heavy atom. The van der Waals surface area contributed by atoms with Gasteiger partial charge in [-0.15, -0.1) is 0 Å². The molecule has 1 heterocycles. The first-order valence-corrected chi connectivity index (χ1v) is 6.77. The smallest absolute Gasteiger partial charge is 0.0827 e. The van der Waals surface area contributed by atoms with Gasteiger partial charge >= 0.3 is 0 Å². The summed E-state index contributed by atoms with van der Waals surface area (Å²) in [5.41, 5.74) is 5.86. The van der Waals surface area contributed by atoms with E-state index in [1.54, 1.807) is 0 Å². The summed E-state index contributed by atoms with van der Waals surface area (Å²) in [7, 11) is 1.97. The average Bonchev–Trinajstić information content (AvgIpc) is 2.56. The fourth-order valence-electron chi connectivity index (χ4n) is 1.97. The zero-order chi connectivity index (χ0) is 13.3. The van der Waals surface area contributed by atoms with Gasteiger partial charge < -0.3 is 5.32 Å². The summed E-state index contributed by atoms with van der Waals surface area (Å²) >= 11 is 3.56. The van der Waals surface area contributed by atoms with Crippen molar-refractivity contribution in [3.05, 3.63) is 45.2 Å². The quantitative estimate of drug-likeness (QED) is 0.936. The molecule has 0 aliphatic heterocycles. The lowest BCUT2D eigenvalue weighted by Gasteiger charge is -2.08. The number of rotatable bonds is 3. The van der Waals surface area contributed by atoms with Crippen LogP contribution in [-0.2, 0) is 13.6 Å². The van der Waals surface area contributed by atoms with Gasteiger partial charge in [0.1, 0.15) is 0 Å². The van der Waals surface area contributed by atoms with Crippen LogP contribution in [0.15, 0.2) is 22.7 Å². The van der Waals surface area contributed by atoms with E-state index in [1.165, 1.54) is 16.8 Å². The van der Waals surface area contributed by atoms with Gasteiger partial charge in [-0.25, -0.2) is 0 Å². The maximum Gasteiger partial charge on any atom is 0.0827 e. The third-order valence-corrected chi connectivity index (χ3v) is 4.07. The molecule has 4 heteroatoms. The molecular weight excluding hydrogens is 290 g/mol. The van der Waals surface area contributed by atoms with Crippen molar-refractivity contribution in [3.8, 4) is 0 Å². The summed E-state index contributed by atoms with van der Waals surface area (Å²) in [4.78, 5) is 0. The Kier molecular flexibility index (Phi) is 3.76. The first-order valence-electron chi connectivity index (χ1n) is 5.98. The Bertz CT molecular complexity index is 573. The standard InChI is InChI=1S/C14H18BrN3/c1-9-5-6-12(7-13(9)15)8-16-14-10(2)17-18(4)11(14)3/h5-7,16H,8H2,1-4H3. The SMILES string of the molecule is Cc1ccc(CNc2c(C)nn(C)c2C)cc1Br. The largest absolute Gasteiger partial charge is 0.378 e. The number of anilines is 1. The summed E-state index contributed by atoms with van der Waals surface area (Å²) in [6.45, 7) is 7.01. The normalized spacial score (nSPS) is 10.7. The second-order valence-electron chi connectivity index (χ2n) is 4.61. The Balaban J connectivity index is 2.14. The molecule has 0 aliphatic rings. The van der Waals surface area contributed by atoms with Crippen LogP contribution < -0.4 is 5.32 Å². The molecule has 0 bridgehead atoms. The second kappa shape index (κ2) is 5.14. The third kappa shape index (κ3) is 2.58. The van der Waals surface area contributed by atoms with Crippen molar-refractivity contribution >= 4 is 21.6 Å². The van der Waals surface area contributed by atoms with Crippen molar-refractivity contribution in [1.82, 2.24) is 9.78 Å². The zero-order valence-corrected chi connectivity index (χ0v) is 12.8. The zero-order valence-electron chi connectivity index (χ0n) is 11.2. The number of aryl methyl sites for hydroxylation is 3. The van der Waals surface area contributed by atoms with Gasteiger partial charge in [0.25, 0.3) is 0 Å². The maximum atomic E-state index is 4.40. The van der Waals surface area contributed by atoms with E-state index in [9.17, 15) is 0 Å². The number of nitrogens with zero attached hydrogens (tertiary/aromatic N) is 2. The summed E-state index contributed by atoms with van der Waals surface area (Å²) in [6.07, 6.45) is 0. The maximum absolute atomic E-state index is 4.40. The van der Waals surface area contributed by atoms with Crippen molar-refractivity contribution in [3.63, 3.8) is 0 Å². The Morgan fingerprint density at radius 1 is 1.28 bits per heavy atom. The highest BCUT2D eigenvalue weighted by Gasteiger charge is 2.08. The van der Waals surface area contributed by atoms with Gasteiger partial charge in [-0.1, -0.05) is 28.1 Å². The third-order valence-electron chi connectivity index (χ3n) is 3.21. The minimum Gasteiger partial charge on any atom is -0.378 e. The van der Waals surface area contributed by atoms with Crippen LogP contribution >= 0.6 is 15.9 Å². The number of halogens is 1. The monoisotopic (exact) mass is 307 g/mol. The summed E-state index contributed by atoms with van der Waals surface area (Å²) in [5, 5.41) is 7.86. The van der Waals surface area contributed by atoms with Gasteiger partial charge in [0, 0.05) is 18.1 Å². The molecule has 2 aromatic rings. The van der Waals surface area contributed by atoms with Gasteiger partial charge in [0.2, 0.25) is 0 Å². The Labute approximate surface area is 116 Å². The molecule has 0 radical (unpaired) electrons. The summed E-state index contributed by atoms with van der Waals surface area (Å²) < 4.78 is 3.06. The van der Waals surface area contributed by atoms with Crippen LogP contribution in [-0.4, -0.2) is 9.78 Å². The van der Waals surface area contributed by atoms with E-state index in [2.05, 4.69) is 58.4 Å². The van der Waals surface area contributed by atoms with Gasteiger partial charge in [0.05, 0.1) is 17.1 Å². The van der Waals surface area contributed by atoms with E-state index in [0.29, 0.717) is 0 Å². The molecule has 0 fully saturated rings. The number of aromatic nitrogens is 2. The molecule has 0 atom stereocenters. The van der Waals surface area contributed by atoms with Crippen LogP contribution in [0.5, 0.6) is 0 Å². The highest BCUT2D eigenvalue weighted by atomic mass is 79.9. The van der Waals surface area contributed by atoms with Gasteiger partial charge in [-0.2, -0.15) is 5.10 Å². The Morgan fingerprint density at radius 3 is 2.56 bits per heavy atom. The fraction of sp³-hybridized carbons (Fsp3) is 0.357. The lowest BCUT2D eigenvalue weighted by molar-refractivity contribution is 0.731. The van der Waals surface area contributed by atoms with Crippen LogP contribution in [0.3, 0.4) is 0 Å². The molecule has 96 valence electrons. The molecule has 0 saturated carbocycles. The average molecular weight is 308 g/mol. The van der Waals surface area contributed by atoms with Crippen molar-refractivity contribution in [2.45, 2.75) is 27.3 Å². The Hall–Kier alpha value is -1.29. The van der Waals surface area contributed by atoms with Crippen LogP contribution in [0.2, 0.25) is 0 Å². The first-order chi connectivity index (χ1) is 8.49. The van der Waals surface area contributed by atoms with E-state index >= 15 is 0 Å². The molecule has 1 aromatic heterocycles. The van der Waals surface area contributed by atoms with E-state index in [4.69, 9.17) is 0 Å². The topological polar surface area (TPSA) is 29.9 Å². The molecule has 0 aliphatic carbocycles. The van der Waals surface area contributed by atoms with Crippen LogP contribution in [0.1, 0.15) is 22.5 Å².